The maximum atomic E-state index is 13.2. The number of likely N-dealkylation sites (N-methyl/N-ethyl adjacent to an activating group) is 1. The predicted molar refractivity (Wildman–Crippen MR) is 128 cm³/mol. The van der Waals surface area contributed by atoms with Crippen LogP contribution in [0.4, 0.5) is 10.5 Å². The fourth-order valence-corrected chi connectivity index (χ4v) is 3.81. The molecule has 1 aromatic carbocycles. The van der Waals surface area contributed by atoms with Gasteiger partial charge in [0.1, 0.15) is 12.4 Å². The minimum absolute atomic E-state index is 0.0234. The lowest BCUT2D eigenvalue weighted by atomic mass is 10.0. The second-order valence-corrected chi connectivity index (χ2v) is 8.59. The van der Waals surface area contributed by atoms with Gasteiger partial charge in [0.25, 0.3) is 5.91 Å². The molecule has 184 valence electrons. The Balaban J connectivity index is 2.39. The highest BCUT2D eigenvalue weighted by Gasteiger charge is 2.29. The zero-order valence-corrected chi connectivity index (χ0v) is 20.6. The Morgan fingerprint density at radius 3 is 2.58 bits per heavy atom. The summed E-state index contributed by atoms with van der Waals surface area (Å²) < 4.78 is 11.8. The number of benzene rings is 1. The van der Waals surface area contributed by atoms with Gasteiger partial charge < -0.3 is 29.9 Å². The lowest BCUT2D eigenvalue weighted by Gasteiger charge is -2.36. The van der Waals surface area contributed by atoms with E-state index in [1.807, 2.05) is 32.6 Å². The number of amides is 4. The van der Waals surface area contributed by atoms with E-state index >= 15 is 0 Å². The molecule has 0 unspecified atom stereocenters. The van der Waals surface area contributed by atoms with Gasteiger partial charge in [-0.05, 0) is 25.5 Å². The van der Waals surface area contributed by atoms with Crippen LogP contribution in [0.2, 0.25) is 0 Å². The van der Waals surface area contributed by atoms with Crippen molar-refractivity contribution in [2.45, 2.75) is 52.7 Å². The van der Waals surface area contributed by atoms with E-state index in [0.717, 1.165) is 6.42 Å². The SMILES string of the molecule is CCCNC(=O)Nc1ccc2c(c1)OC[C@@H](C)N(C(=O)CC)C[C@@H](C)[C@H](OC)CN(C)C2=O. The van der Waals surface area contributed by atoms with Crippen LogP contribution in [-0.2, 0) is 9.53 Å². The van der Waals surface area contributed by atoms with Gasteiger partial charge in [-0.3, -0.25) is 9.59 Å². The molecule has 0 saturated carbocycles. The minimum Gasteiger partial charge on any atom is -0.491 e. The molecule has 0 radical (unpaired) electrons. The van der Waals surface area contributed by atoms with E-state index in [-0.39, 0.29) is 42.5 Å². The van der Waals surface area contributed by atoms with E-state index in [9.17, 15) is 14.4 Å². The van der Waals surface area contributed by atoms with E-state index in [2.05, 4.69) is 10.6 Å². The lowest BCUT2D eigenvalue weighted by molar-refractivity contribution is -0.135. The summed E-state index contributed by atoms with van der Waals surface area (Å²) in [6.07, 6.45) is 0.989. The highest BCUT2D eigenvalue weighted by atomic mass is 16.5. The van der Waals surface area contributed by atoms with Crippen molar-refractivity contribution in [1.29, 1.82) is 0 Å². The standard InChI is InChI=1S/C24H38N4O5/c1-7-11-25-24(31)26-18-9-10-19-20(12-18)33-15-17(4)28(22(29)8-2)13-16(3)21(32-6)14-27(5)23(19)30/h9-10,12,16-17,21H,7-8,11,13-15H2,1-6H3,(H2,25,26,31)/t16-,17-,21-/m1/s1. The monoisotopic (exact) mass is 462 g/mol. The molecule has 1 aliphatic rings. The van der Waals surface area contributed by atoms with Crippen molar-refractivity contribution in [2.75, 3.05) is 45.7 Å². The molecule has 3 atom stereocenters. The first-order valence-electron chi connectivity index (χ1n) is 11.6. The van der Waals surface area contributed by atoms with E-state index in [4.69, 9.17) is 9.47 Å². The second-order valence-electron chi connectivity index (χ2n) is 8.59. The average Bonchev–Trinajstić information content (AvgIpc) is 2.81. The summed E-state index contributed by atoms with van der Waals surface area (Å²) in [5, 5.41) is 5.52. The van der Waals surface area contributed by atoms with Gasteiger partial charge in [-0.15, -0.1) is 0 Å². The van der Waals surface area contributed by atoms with E-state index in [0.29, 0.717) is 43.1 Å². The molecule has 1 aliphatic heterocycles. The second kappa shape index (κ2) is 12.4. The summed E-state index contributed by atoms with van der Waals surface area (Å²) in [7, 11) is 3.35. The van der Waals surface area contributed by atoms with Gasteiger partial charge >= 0.3 is 6.03 Å². The maximum absolute atomic E-state index is 13.2. The molecule has 33 heavy (non-hydrogen) atoms. The smallest absolute Gasteiger partial charge is 0.319 e. The van der Waals surface area contributed by atoms with Crippen LogP contribution in [0, 0.1) is 5.92 Å². The molecule has 1 aromatic rings. The van der Waals surface area contributed by atoms with Crippen LogP contribution in [0.3, 0.4) is 0 Å². The Labute approximate surface area is 196 Å². The Hall–Kier alpha value is -2.81. The van der Waals surface area contributed by atoms with Crippen LogP contribution in [0.5, 0.6) is 5.75 Å². The minimum atomic E-state index is -0.321. The number of hydrogen-bond donors (Lipinski definition) is 2. The number of rotatable bonds is 5. The number of nitrogens with one attached hydrogen (secondary N) is 2. The summed E-state index contributed by atoms with van der Waals surface area (Å²) in [6, 6.07) is 4.45. The topological polar surface area (TPSA) is 100 Å². The first kappa shape index (κ1) is 26.4. The van der Waals surface area contributed by atoms with Gasteiger partial charge in [-0.25, -0.2) is 4.79 Å². The summed E-state index contributed by atoms with van der Waals surface area (Å²) in [4.78, 5) is 41.4. The van der Waals surface area contributed by atoms with Crippen molar-refractivity contribution in [3.05, 3.63) is 23.8 Å². The number of nitrogens with zero attached hydrogens (tertiary/aromatic N) is 2. The van der Waals surface area contributed by atoms with E-state index < -0.39 is 0 Å². The highest BCUT2D eigenvalue weighted by molar-refractivity contribution is 5.98. The fraction of sp³-hybridized carbons (Fsp3) is 0.625. The molecule has 0 aromatic heterocycles. The Morgan fingerprint density at radius 1 is 1.21 bits per heavy atom. The van der Waals surface area contributed by atoms with Gasteiger partial charge in [-0.2, -0.15) is 0 Å². The molecular weight excluding hydrogens is 424 g/mol. The predicted octanol–water partition coefficient (Wildman–Crippen LogP) is 2.96. The summed E-state index contributed by atoms with van der Waals surface area (Å²) >= 11 is 0. The molecule has 2 rings (SSSR count). The molecule has 9 nitrogen and oxygen atoms in total. The normalized spacial score (nSPS) is 21.9. The summed E-state index contributed by atoms with van der Waals surface area (Å²) in [5.74, 6) is 0.224. The van der Waals surface area contributed by atoms with Gasteiger partial charge in [0.15, 0.2) is 0 Å². The van der Waals surface area contributed by atoms with E-state index in [1.165, 1.54) is 0 Å². The third kappa shape index (κ3) is 7.08. The first-order chi connectivity index (χ1) is 15.7. The number of carbonyl (C=O) groups excluding carboxylic acids is 3. The molecule has 0 bridgehead atoms. The third-order valence-electron chi connectivity index (χ3n) is 5.86. The Morgan fingerprint density at radius 2 is 1.94 bits per heavy atom. The third-order valence-corrected chi connectivity index (χ3v) is 5.86. The van der Waals surface area contributed by atoms with Crippen molar-refractivity contribution < 1.29 is 23.9 Å². The number of carbonyl (C=O) groups is 3. The largest absolute Gasteiger partial charge is 0.491 e. The highest BCUT2D eigenvalue weighted by Crippen LogP contribution is 2.27. The molecule has 0 fully saturated rings. The number of ether oxygens (including phenoxy) is 2. The summed E-state index contributed by atoms with van der Waals surface area (Å²) in [5.41, 5.74) is 0.906. The Bertz CT molecular complexity index is 831. The zero-order valence-electron chi connectivity index (χ0n) is 20.6. The number of anilines is 1. The number of fused-ring (bicyclic) bond motifs is 1. The van der Waals surface area contributed by atoms with Crippen LogP contribution in [-0.4, -0.2) is 80.2 Å². The average molecular weight is 463 g/mol. The molecule has 0 aliphatic carbocycles. The molecule has 0 saturated heterocycles. The maximum Gasteiger partial charge on any atom is 0.319 e. The Kier molecular flexibility index (Phi) is 9.96. The lowest BCUT2D eigenvalue weighted by Crippen LogP contribution is -2.48. The van der Waals surface area contributed by atoms with Crippen LogP contribution in [0.15, 0.2) is 18.2 Å². The summed E-state index contributed by atoms with van der Waals surface area (Å²) in [6.45, 7) is 9.43. The fourth-order valence-electron chi connectivity index (χ4n) is 3.81. The van der Waals surface area contributed by atoms with Crippen LogP contribution in [0.25, 0.3) is 0 Å². The molecule has 0 spiro atoms. The number of urea groups is 1. The molecule has 1 heterocycles. The van der Waals surface area contributed by atoms with Gasteiger partial charge in [0.05, 0.1) is 17.7 Å². The molecular formula is C24H38N4O5. The zero-order chi connectivity index (χ0) is 24.5. The van der Waals surface area contributed by atoms with Crippen molar-refractivity contribution in [1.82, 2.24) is 15.1 Å². The quantitative estimate of drug-likeness (QED) is 0.701. The molecule has 2 N–H and O–H groups in total. The van der Waals surface area contributed by atoms with Crippen LogP contribution >= 0.6 is 0 Å². The van der Waals surface area contributed by atoms with Gasteiger partial charge in [0, 0.05) is 57.9 Å². The number of methoxy groups -OCH3 is 1. The van der Waals surface area contributed by atoms with Crippen LogP contribution < -0.4 is 15.4 Å². The molecule has 4 amide bonds. The van der Waals surface area contributed by atoms with Crippen molar-refractivity contribution in [3.8, 4) is 5.75 Å². The number of hydrogen-bond acceptors (Lipinski definition) is 5. The van der Waals surface area contributed by atoms with Crippen LogP contribution in [0.1, 0.15) is 50.9 Å². The van der Waals surface area contributed by atoms with Gasteiger partial charge in [-0.1, -0.05) is 20.8 Å². The van der Waals surface area contributed by atoms with E-state index in [1.54, 1.807) is 37.3 Å². The van der Waals surface area contributed by atoms with Crippen molar-refractivity contribution in [3.63, 3.8) is 0 Å². The first-order valence-corrected chi connectivity index (χ1v) is 11.6. The van der Waals surface area contributed by atoms with Gasteiger partial charge in [0.2, 0.25) is 5.91 Å². The van der Waals surface area contributed by atoms with Crippen molar-refractivity contribution in [2.24, 2.45) is 5.92 Å². The van der Waals surface area contributed by atoms with Crippen molar-refractivity contribution >= 4 is 23.5 Å². The molecule has 9 heteroatoms.